The molecule has 0 aliphatic carbocycles. The van der Waals surface area contributed by atoms with Gasteiger partial charge in [0.05, 0.1) is 10.5 Å². The van der Waals surface area contributed by atoms with Crippen LogP contribution in [0.15, 0.2) is 6.20 Å². The molecule has 0 aliphatic heterocycles. The Morgan fingerprint density at radius 1 is 1.65 bits per heavy atom. The van der Waals surface area contributed by atoms with Crippen LogP contribution in [0.1, 0.15) is 28.0 Å². The topological polar surface area (TPSA) is 123 Å². The lowest BCUT2D eigenvalue weighted by molar-refractivity contribution is -0.385. The molecule has 1 aromatic rings. The van der Waals surface area contributed by atoms with Crippen LogP contribution in [0.3, 0.4) is 0 Å². The standard InChI is InChI=1S/C8H4F2N4O3/c9-7(10)4-2-13-5(8(12)15)6(14(16)17)3(4)1-11/h2,7H,(H2,12,15). The number of nitrogens with zero attached hydrogens (tertiary/aromatic N) is 3. The number of nitro groups is 1. The molecule has 0 spiro atoms. The third-order valence-electron chi connectivity index (χ3n) is 1.85. The van der Waals surface area contributed by atoms with Crippen molar-refractivity contribution in [1.82, 2.24) is 4.98 Å². The zero-order valence-electron chi connectivity index (χ0n) is 8.05. The second-order valence-electron chi connectivity index (χ2n) is 2.82. The Labute approximate surface area is 92.6 Å². The Balaban J connectivity index is 3.69. The molecule has 9 heteroatoms. The van der Waals surface area contributed by atoms with Crippen LogP contribution in [0.25, 0.3) is 0 Å². The zero-order chi connectivity index (χ0) is 13.2. The van der Waals surface area contributed by atoms with E-state index in [1.807, 2.05) is 0 Å². The SMILES string of the molecule is N#Cc1c(C(F)F)cnc(C(N)=O)c1[N+](=O)[O-]. The fourth-order valence-electron chi connectivity index (χ4n) is 1.16. The number of halogens is 2. The highest BCUT2D eigenvalue weighted by molar-refractivity contribution is 5.96. The van der Waals surface area contributed by atoms with E-state index in [2.05, 4.69) is 4.98 Å². The molecule has 0 bridgehead atoms. The zero-order valence-corrected chi connectivity index (χ0v) is 8.05. The van der Waals surface area contributed by atoms with Crippen LogP contribution in [0.2, 0.25) is 0 Å². The molecule has 0 fully saturated rings. The molecule has 0 unspecified atom stereocenters. The van der Waals surface area contributed by atoms with Gasteiger partial charge in [0.15, 0.2) is 0 Å². The Kier molecular flexibility index (Phi) is 3.28. The average Bonchev–Trinajstić information content (AvgIpc) is 2.26. The number of nitrogens with two attached hydrogens (primary N) is 1. The van der Waals surface area contributed by atoms with Gasteiger partial charge in [0.2, 0.25) is 5.69 Å². The van der Waals surface area contributed by atoms with Crippen LogP contribution >= 0.6 is 0 Å². The van der Waals surface area contributed by atoms with Crippen molar-refractivity contribution in [2.75, 3.05) is 0 Å². The summed E-state index contributed by atoms with van der Waals surface area (Å²) in [5.41, 5.74) is 1.06. The summed E-state index contributed by atoms with van der Waals surface area (Å²) in [5.74, 6) is -1.27. The summed E-state index contributed by atoms with van der Waals surface area (Å²) in [6.07, 6.45) is -2.59. The molecule has 88 valence electrons. The lowest BCUT2D eigenvalue weighted by Gasteiger charge is -2.04. The summed E-state index contributed by atoms with van der Waals surface area (Å²) in [6, 6.07) is 1.25. The van der Waals surface area contributed by atoms with Crippen molar-refractivity contribution in [2.45, 2.75) is 6.43 Å². The fourth-order valence-corrected chi connectivity index (χ4v) is 1.16. The van der Waals surface area contributed by atoms with Crippen LogP contribution in [-0.4, -0.2) is 15.8 Å². The van der Waals surface area contributed by atoms with Gasteiger partial charge in [0.25, 0.3) is 12.3 Å². The van der Waals surface area contributed by atoms with Crippen LogP contribution < -0.4 is 5.73 Å². The molecule has 2 N–H and O–H groups in total. The number of nitriles is 1. The first-order valence-corrected chi connectivity index (χ1v) is 4.05. The molecule has 1 heterocycles. The Bertz CT molecular complexity index is 538. The largest absolute Gasteiger partial charge is 0.364 e. The first-order chi connectivity index (χ1) is 7.90. The molecule has 0 atom stereocenters. The number of primary amides is 1. The summed E-state index contributed by atoms with van der Waals surface area (Å²) >= 11 is 0. The molecule has 1 rings (SSSR count). The highest BCUT2D eigenvalue weighted by atomic mass is 19.3. The van der Waals surface area contributed by atoms with E-state index in [1.165, 1.54) is 6.07 Å². The van der Waals surface area contributed by atoms with Gasteiger partial charge in [0.1, 0.15) is 11.6 Å². The Morgan fingerprint density at radius 3 is 2.59 bits per heavy atom. The van der Waals surface area contributed by atoms with Gasteiger partial charge >= 0.3 is 5.69 Å². The maximum atomic E-state index is 12.5. The van der Waals surface area contributed by atoms with Gasteiger partial charge in [-0.15, -0.1) is 0 Å². The number of carbonyl (C=O) groups is 1. The Hall–Kier alpha value is -2.63. The third kappa shape index (κ3) is 2.15. The van der Waals surface area contributed by atoms with E-state index in [-0.39, 0.29) is 0 Å². The van der Waals surface area contributed by atoms with Gasteiger partial charge in [-0.25, -0.2) is 13.8 Å². The lowest BCUT2D eigenvalue weighted by atomic mass is 10.1. The molecule has 0 aliphatic rings. The van der Waals surface area contributed by atoms with Gasteiger partial charge in [-0.1, -0.05) is 0 Å². The summed E-state index contributed by atoms with van der Waals surface area (Å²) in [6.45, 7) is 0. The number of amides is 1. The van der Waals surface area contributed by atoms with Crippen molar-refractivity contribution in [2.24, 2.45) is 5.73 Å². The smallest absolute Gasteiger partial charge is 0.318 e. The van der Waals surface area contributed by atoms with E-state index < -0.39 is 39.8 Å². The van der Waals surface area contributed by atoms with Gasteiger partial charge < -0.3 is 5.73 Å². The maximum absolute atomic E-state index is 12.5. The van der Waals surface area contributed by atoms with Gasteiger partial charge in [-0.2, -0.15) is 5.26 Å². The van der Waals surface area contributed by atoms with Crippen molar-refractivity contribution < 1.29 is 18.5 Å². The summed E-state index contributed by atoms with van der Waals surface area (Å²) in [4.78, 5) is 23.5. The maximum Gasteiger partial charge on any atom is 0.318 e. The predicted molar refractivity (Wildman–Crippen MR) is 49.1 cm³/mol. The average molecular weight is 242 g/mol. The van der Waals surface area contributed by atoms with E-state index in [1.54, 1.807) is 0 Å². The number of pyridine rings is 1. The van der Waals surface area contributed by atoms with Crippen molar-refractivity contribution in [3.63, 3.8) is 0 Å². The van der Waals surface area contributed by atoms with Crippen molar-refractivity contribution in [3.8, 4) is 6.07 Å². The molecular weight excluding hydrogens is 238 g/mol. The molecule has 0 radical (unpaired) electrons. The van der Waals surface area contributed by atoms with Crippen molar-refractivity contribution >= 4 is 11.6 Å². The highest BCUT2D eigenvalue weighted by Gasteiger charge is 2.30. The van der Waals surface area contributed by atoms with Crippen molar-refractivity contribution in [1.29, 1.82) is 5.26 Å². The summed E-state index contributed by atoms with van der Waals surface area (Å²) < 4.78 is 24.9. The van der Waals surface area contributed by atoms with Gasteiger partial charge in [0, 0.05) is 6.20 Å². The van der Waals surface area contributed by atoms with Crippen LogP contribution in [-0.2, 0) is 0 Å². The number of hydrogen-bond donors (Lipinski definition) is 1. The minimum absolute atomic E-state index is 0.524. The summed E-state index contributed by atoms with van der Waals surface area (Å²) in [7, 11) is 0. The number of aromatic nitrogens is 1. The van der Waals surface area contributed by atoms with Crippen LogP contribution in [0.4, 0.5) is 14.5 Å². The second-order valence-corrected chi connectivity index (χ2v) is 2.82. The van der Waals surface area contributed by atoms with E-state index in [4.69, 9.17) is 11.0 Å². The van der Waals surface area contributed by atoms with E-state index in [0.717, 1.165) is 0 Å². The van der Waals surface area contributed by atoms with E-state index >= 15 is 0 Å². The molecule has 0 saturated heterocycles. The van der Waals surface area contributed by atoms with Crippen LogP contribution in [0.5, 0.6) is 0 Å². The molecular formula is C8H4F2N4O3. The van der Waals surface area contributed by atoms with Crippen molar-refractivity contribution in [3.05, 3.63) is 33.1 Å². The van der Waals surface area contributed by atoms with E-state index in [9.17, 15) is 23.7 Å². The number of alkyl halides is 2. The Morgan fingerprint density at radius 2 is 2.24 bits per heavy atom. The normalized spacial score (nSPS) is 10.0. The lowest BCUT2D eigenvalue weighted by Crippen LogP contribution is -2.17. The quantitative estimate of drug-likeness (QED) is 0.622. The molecule has 1 amide bonds. The predicted octanol–water partition coefficient (Wildman–Crippen LogP) is 0.898. The molecule has 17 heavy (non-hydrogen) atoms. The fraction of sp³-hybridized carbons (Fsp3) is 0.125. The highest BCUT2D eigenvalue weighted by Crippen LogP contribution is 2.30. The van der Waals surface area contributed by atoms with Gasteiger partial charge in [-0.3, -0.25) is 14.9 Å². The molecule has 0 aromatic carbocycles. The van der Waals surface area contributed by atoms with E-state index in [0.29, 0.717) is 6.20 Å². The third-order valence-corrected chi connectivity index (χ3v) is 1.85. The number of hydrogen-bond acceptors (Lipinski definition) is 5. The number of carbonyl (C=O) groups excluding carboxylic acids is 1. The molecule has 7 nitrogen and oxygen atoms in total. The van der Waals surface area contributed by atoms with Crippen LogP contribution in [0, 0.1) is 21.4 Å². The second kappa shape index (κ2) is 4.48. The molecule has 0 saturated carbocycles. The number of rotatable bonds is 3. The monoisotopic (exact) mass is 242 g/mol. The summed E-state index contributed by atoms with van der Waals surface area (Å²) in [5, 5.41) is 19.3. The first-order valence-electron chi connectivity index (χ1n) is 4.05. The minimum atomic E-state index is -3.11. The first kappa shape index (κ1) is 12.4. The van der Waals surface area contributed by atoms with Gasteiger partial charge in [-0.05, 0) is 0 Å². The minimum Gasteiger partial charge on any atom is -0.364 e. The molecule has 1 aromatic heterocycles.